The van der Waals surface area contributed by atoms with Crippen LogP contribution in [-0.2, 0) is 9.59 Å². The van der Waals surface area contributed by atoms with Crippen LogP contribution in [0.5, 0.6) is 0 Å². The standard InChI is InChI=1S/C13H14N4O3S/c18-11(2-1-3-12(19)20)16-9-4-6-10(7-5-9)21-13-14-8-15-17-13/h4-8H,1-3H2,(H,16,18)(H,19,20)(H,14,15,17). The summed E-state index contributed by atoms with van der Waals surface area (Å²) in [5.41, 5.74) is 0.678. The highest BCUT2D eigenvalue weighted by Crippen LogP contribution is 2.25. The molecule has 0 aliphatic carbocycles. The van der Waals surface area contributed by atoms with Crippen molar-refractivity contribution in [3.8, 4) is 0 Å². The summed E-state index contributed by atoms with van der Waals surface area (Å²) in [7, 11) is 0. The summed E-state index contributed by atoms with van der Waals surface area (Å²) in [5.74, 6) is -1.08. The van der Waals surface area contributed by atoms with Gasteiger partial charge in [-0.15, -0.1) is 0 Å². The number of amides is 1. The number of aliphatic carboxylic acids is 1. The largest absolute Gasteiger partial charge is 0.481 e. The average molecular weight is 306 g/mol. The van der Waals surface area contributed by atoms with E-state index in [9.17, 15) is 9.59 Å². The van der Waals surface area contributed by atoms with Gasteiger partial charge in [-0.1, -0.05) is 11.8 Å². The number of H-pyrrole nitrogens is 1. The minimum atomic E-state index is -0.892. The fraction of sp³-hybridized carbons (Fsp3) is 0.231. The summed E-state index contributed by atoms with van der Waals surface area (Å²) >= 11 is 1.43. The molecule has 0 fully saturated rings. The molecular formula is C13H14N4O3S. The lowest BCUT2D eigenvalue weighted by atomic mass is 10.2. The van der Waals surface area contributed by atoms with Gasteiger partial charge in [0.1, 0.15) is 6.33 Å². The van der Waals surface area contributed by atoms with Gasteiger partial charge in [-0.2, -0.15) is 5.10 Å². The van der Waals surface area contributed by atoms with Gasteiger partial charge in [-0.25, -0.2) is 4.98 Å². The number of carbonyl (C=O) groups is 2. The molecular weight excluding hydrogens is 292 g/mol. The summed E-state index contributed by atoms with van der Waals surface area (Å²) in [6.07, 6.45) is 1.97. The maximum Gasteiger partial charge on any atom is 0.303 e. The zero-order valence-electron chi connectivity index (χ0n) is 11.1. The smallest absolute Gasteiger partial charge is 0.303 e. The van der Waals surface area contributed by atoms with E-state index in [4.69, 9.17) is 5.11 Å². The topological polar surface area (TPSA) is 108 Å². The third kappa shape index (κ3) is 5.27. The number of carbonyl (C=O) groups excluding carboxylic acids is 1. The molecule has 1 heterocycles. The summed E-state index contributed by atoms with van der Waals surface area (Å²) in [5, 5.41) is 18.4. The van der Waals surface area contributed by atoms with Gasteiger partial charge >= 0.3 is 5.97 Å². The molecule has 0 atom stereocenters. The second kappa shape index (κ2) is 7.44. The molecule has 0 bridgehead atoms. The van der Waals surface area contributed by atoms with Crippen molar-refractivity contribution in [3.63, 3.8) is 0 Å². The number of carboxylic acids is 1. The van der Waals surface area contributed by atoms with Gasteiger partial charge in [0, 0.05) is 23.4 Å². The maximum atomic E-state index is 11.6. The highest BCUT2D eigenvalue weighted by molar-refractivity contribution is 7.99. The van der Waals surface area contributed by atoms with Crippen LogP contribution in [-0.4, -0.2) is 32.2 Å². The molecule has 0 unspecified atom stereocenters. The third-order valence-corrected chi connectivity index (χ3v) is 3.44. The fourth-order valence-corrected chi connectivity index (χ4v) is 2.28. The van der Waals surface area contributed by atoms with Gasteiger partial charge < -0.3 is 10.4 Å². The summed E-state index contributed by atoms with van der Waals surface area (Å²) in [6, 6.07) is 7.29. The van der Waals surface area contributed by atoms with Gasteiger partial charge in [-0.3, -0.25) is 14.7 Å². The molecule has 2 aromatic rings. The molecule has 1 amide bonds. The van der Waals surface area contributed by atoms with Crippen molar-refractivity contribution in [1.82, 2.24) is 15.2 Å². The van der Waals surface area contributed by atoms with Crippen LogP contribution in [0.25, 0.3) is 0 Å². The highest BCUT2D eigenvalue weighted by atomic mass is 32.2. The number of hydrogen-bond acceptors (Lipinski definition) is 5. The number of benzene rings is 1. The first-order chi connectivity index (χ1) is 10.1. The van der Waals surface area contributed by atoms with Gasteiger partial charge in [0.25, 0.3) is 0 Å². The third-order valence-electron chi connectivity index (χ3n) is 2.54. The Morgan fingerprint density at radius 1 is 1.24 bits per heavy atom. The number of aromatic nitrogens is 3. The number of nitrogens with one attached hydrogen (secondary N) is 2. The molecule has 8 heteroatoms. The van der Waals surface area contributed by atoms with Crippen LogP contribution in [0, 0.1) is 0 Å². The van der Waals surface area contributed by atoms with Gasteiger partial charge in [-0.05, 0) is 30.7 Å². The van der Waals surface area contributed by atoms with E-state index in [-0.39, 0.29) is 18.7 Å². The van der Waals surface area contributed by atoms with Crippen LogP contribution in [0.3, 0.4) is 0 Å². The van der Waals surface area contributed by atoms with Gasteiger partial charge in [0.2, 0.25) is 5.91 Å². The summed E-state index contributed by atoms with van der Waals surface area (Å²) in [6.45, 7) is 0. The molecule has 0 radical (unpaired) electrons. The van der Waals surface area contributed by atoms with Crippen LogP contribution < -0.4 is 5.32 Å². The Labute approximate surface area is 125 Å². The van der Waals surface area contributed by atoms with E-state index in [1.165, 1.54) is 18.1 Å². The Morgan fingerprint density at radius 2 is 2.00 bits per heavy atom. The van der Waals surface area contributed by atoms with Crippen molar-refractivity contribution in [1.29, 1.82) is 0 Å². The number of aromatic amines is 1. The minimum absolute atomic E-state index is 0.000179. The van der Waals surface area contributed by atoms with Gasteiger partial charge in [0.15, 0.2) is 5.16 Å². The van der Waals surface area contributed by atoms with Crippen molar-refractivity contribution < 1.29 is 14.7 Å². The molecule has 0 spiro atoms. The molecule has 3 N–H and O–H groups in total. The SMILES string of the molecule is O=C(O)CCCC(=O)Nc1ccc(Sc2ncn[nH]2)cc1. The predicted molar refractivity (Wildman–Crippen MR) is 77.1 cm³/mol. The Hall–Kier alpha value is -2.35. The highest BCUT2D eigenvalue weighted by Gasteiger charge is 2.05. The molecule has 0 saturated heterocycles. The zero-order chi connectivity index (χ0) is 15.1. The van der Waals surface area contributed by atoms with Crippen molar-refractivity contribution in [2.75, 3.05) is 5.32 Å². The minimum Gasteiger partial charge on any atom is -0.481 e. The van der Waals surface area contributed by atoms with Crippen molar-refractivity contribution >= 4 is 29.3 Å². The van der Waals surface area contributed by atoms with E-state index in [1.807, 2.05) is 12.1 Å². The monoisotopic (exact) mass is 306 g/mol. The lowest BCUT2D eigenvalue weighted by Gasteiger charge is -2.05. The molecule has 0 saturated carbocycles. The fourth-order valence-electron chi connectivity index (χ4n) is 1.59. The van der Waals surface area contributed by atoms with Crippen LogP contribution >= 0.6 is 11.8 Å². The van der Waals surface area contributed by atoms with Crippen LogP contribution in [0.15, 0.2) is 40.6 Å². The summed E-state index contributed by atoms with van der Waals surface area (Å²) in [4.78, 5) is 26.9. The zero-order valence-corrected chi connectivity index (χ0v) is 11.9. The van der Waals surface area contributed by atoms with Crippen LogP contribution in [0.1, 0.15) is 19.3 Å². The van der Waals surface area contributed by atoms with E-state index in [2.05, 4.69) is 20.5 Å². The second-order valence-corrected chi connectivity index (χ2v) is 5.27. The van der Waals surface area contributed by atoms with Crippen LogP contribution in [0.4, 0.5) is 5.69 Å². The van der Waals surface area contributed by atoms with Crippen molar-refractivity contribution in [3.05, 3.63) is 30.6 Å². The second-order valence-electron chi connectivity index (χ2n) is 4.21. The number of nitrogens with zero attached hydrogens (tertiary/aromatic N) is 2. The van der Waals surface area contributed by atoms with Crippen LogP contribution in [0.2, 0.25) is 0 Å². The Morgan fingerprint density at radius 3 is 2.62 bits per heavy atom. The quantitative estimate of drug-likeness (QED) is 0.723. The molecule has 2 rings (SSSR count). The van der Waals surface area contributed by atoms with Crippen molar-refractivity contribution in [2.45, 2.75) is 29.3 Å². The van der Waals surface area contributed by atoms with E-state index in [0.29, 0.717) is 17.3 Å². The molecule has 7 nitrogen and oxygen atoms in total. The van der Waals surface area contributed by atoms with E-state index in [0.717, 1.165) is 4.90 Å². The molecule has 0 aliphatic heterocycles. The van der Waals surface area contributed by atoms with Gasteiger partial charge in [0.05, 0.1) is 0 Å². The average Bonchev–Trinajstić information content (AvgIpc) is 2.93. The lowest BCUT2D eigenvalue weighted by molar-refractivity contribution is -0.137. The summed E-state index contributed by atoms with van der Waals surface area (Å²) < 4.78 is 0. The molecule has 0 aliphatic rings. The first-order valence-electron chi connectivity index (χ1n) is 6.28. The van der Waals surface area contributed by atoms with Crippen molar-refractivity contribution in [2.24, 2.45) is 0 Å². The molecule has 21 heavy (non-hydrogen) atoms. The number of carboxylic acid groups (broad SMARTS) is 1. The van der Waals surface area contributed by atoms with E-state index in [1.54, 1.807) is 12.1 Å². The maximum absolute atomic E-state index is 11.6. The Bertz CT molecular complexity index is 598. The van der Waals surface area contributed by atoms with E-state index >= 15 is 0 Å². The normalized spacial score (nSPS) is 10.3. The lowest BCUT2D eigenvalue weighted by Crippen LogP contribution is -2.11. The number of anilines is 1. The first-order valence-corrected chi connectivity index (χ1v) is 7.10. The predicted octanol–water partition coefficient (Wildman–Crippen LogP) is 2.15. The number of rotatable bonds is 7. The first kappa shape index (κ1) is 15.0. The van der Waals surface area contributed by atoms with E-state index < -0.39 is 5.97 Å². The molecule has 110 valence electrons. The Kier molecular flexibility index (Phi) is 5.33. The molecule has 1 aromatic carbocycles. The number of hydrogen-bond donors (Lipinski definition) is 3. The molecule has 1 aromatic heterocycles. The Balaban J connectivity index is 1.81.